The van der Waals surface area contributed by atoms with Crippen LogP contribution in [-0.2, 0) is 14.3 Å². The lowest BCUT2D eigenvalue weighted by molar-refractivity contribution is -0.0975. The third-order valence-electron chi connectivity index (χ3n) is 5.10. The maximum absolute atomic E-state index is 13.9. The van der Waals surface area contributed by atoms with Gasteiger partial charge in [-0.15, -0.1) is 12.4 Å². The number of aromatic amines is 1. The smallest absolute Gasteiger partial charge is 0.203 e. The number of hydrogen-bond acceptors (Lipinski definition) is 7. The molecule has 4 rings (SSSR count). The molecule has 0 saturated carbocycles. The van der Waals surface area contributed by atoms with Crippen LogP contribution < -0.4 is 5.49 Å². The van der Waals surface area contributed by atoms with Crippen molar-refractivity contribution in [3.8, 4) is 0 Å². The number of aliphatic hydroxyl groups is 2. The van der Waals surface area contributed by atoms with Crippen LogP contribution in [0, 0.1) is 5.82 Å². The summed E-state index contributed by atoms with van der Waals surface area (Å²) in [6.45, 7) is 0. The van der Waals surface area contributed by atoms with E-state index in [1.807, 2.05) is 0 Å². The van der Waals surface area contributed by atoms with E-state index in [0.717, 1.165) is 0 Å². The molecule has 12 heteroatoms. The van der Waals surface area contributed by atoms with E-state index in [4.69, 9.17) is 25.9 Å². The van der Waals surface area contributed by atoms with E-state index in [0.29, 0.717) is 22.1 Å². The predicted octanol–water partition coefficient (Wildman–Crippen LogP) is 2.05. The zero-order valence-corrected chi connectivity index (χ0v) is 18.0. The molecule has 0 radical (unpaired) electrons. The summed E-state index contributed by atoms with van der Waals surface area (Å²) in [5.41, 5.74) is 1.33. The standard InChI is InChI=1S/C19H20ClFN4O5.ClH/c1-28-15(9-3-4-11(20)12(21)7-9)16-13(26)14(27)19(30-16)25-6-5-10-17(24-29-2)22-8-23-18(10)25;/h3-8,13-16,19,26-27H,1-2H3,(H,22,23,24);1H/t13-,14+,15+,16-,19+;/m0./s1. The zero-order chi connectivity index (χ0) is 21.4. The fourth-order valence-corrected chi connectivity index (χ4v) is 3.81. The van der Waals surface area contributed by atoms with E-state index >= 15 is 0 Å². The maximum Gasteiger partial charge on any atom is 0.203 e. The first kappa shape index (κ1) is 23.5. The van der Waals surface area contributed by atoms with E-state index in [1.165, 1.54) is 32.7 Å². The fourth-order valence-electron chi connectivity index (χ4n) is 3.69. The summed E-state index contributed by atoms with van der Waals surface area (Å²) in [5, 5.41) is 25.8. The molecule has 31 heavy (non-hydrogen) atoms. The van der Waals surface area contributed by atoms with Gasteiger partial charge < -0.3 is 34.1 Å². The number of nitrogens with one attached hydrogen (secondary N) is 1. The molecule has 1 aliphatic rings. The van der Waals surface area contributed by atoms with Gasteiger partial charge in [0, 0.05) is 13.3 Å². The maximum atomic E-state index is 13.9. The molecule has 3 N–H and O–H groups in total. The van der Waals surface area contributed by atoms with Crippen LogP contribution in [0.15, 0.2) is 41.9 Å². The van der Waals surface area contributed by atoms with Crippen molar-refractivity contribution < 1.29 is 28.9 Å². The lowest BCUT2D eigenvalue weighted by Crippen LogP contribution is -2.35. The number of benzene rings is 1. The van der Waals surface area contributed by atoms with Gasteiger partial charge >= 0.3 is 0 Å². The van der Waals surface area contributed by atoms with E-state index < -0.39 is 36.5 Å². The van der Waals surface area contributed by atoms with Crippen molar-refractivity contribution in [2.75, 3.05) is 14.2 Å². The Bertz CT molecular complexity index is 1120. The minimum Gasteiger partial charge on any atom is -0.397 e. The summed E-state index contributed by atoms with van der Waals surface area (Å²) in [5.74, 6) is -0.617. The van der Waals surface area contributed by atoms with Crippen LogP contribution in [0.4, 0.5) is 4.39 Å². The Morgan fingerprint density at radius 2 is 2.06 bits per heavy atom. The predicted molar refractivity (Wildman–Crippen MR) is 111 cm³/mol. The van der Waals surface area contributed by atoms with Crippen molar-refractivity contribution in [3.63, 3.8) is 0 Å². The van der Waals surface area contributed by atoms with E-state index in [2.05, 4.69) is 15.1 Å². The molecule has 9 nitrogen and oxygen atoms in total. The highest BCUT2D eigenvalue weighted by Crippen LogP contribution is 2.39. The normalized spacial score (nSPS) is 24.9. The van der Waals surface area contributed by atoms with Crippen molar-refractivity contribution in [3.05, 3.63) is 58.7 Å². The van der Waals surface area contributed by atoms with Gasteiger partial charge in [0.1, 0.15) is 43.0 Å². The Balaban J connectivity index is 0.00000272. The Morgan fingerprint density at radius 1 is 1.29 bits per heavy atom. The number of methoxy groups -OCH3 is 1. The van der Waals surface area contributed by atoms with Gasteiger partial charge in [-0.1, -0.05) is 22.8 Å². The SMILES string of the molecule is CO/N=c1\nc[nH]c2c1ccn2[C@@H]1O[C@H]([C@H](OC)c2ccc(Cl)c(F)c2)[C@@H](O)[C@H]1O.Cl. The second kappa shape index (κ2) is 9.51. The van der Waals surface area contributed by atoms with Crippen LogP contribution in [0.2, 0.25) is 5.02 Å². The fraction of sp³-hybridized carbons (Fsp3) is 0.368. The highest BCUT2D eigenvalue weighted by Gasteiger charge is 2.48. The first-order valence-electron chi connectivity index (χ1n) is 9.07. The van der Waals surface area contributed by atoms with E-state index in [9.17, 15) is 14.6 Å². The highest BCUT2D eigenvalue weighted by molar-refractivity contribution is 6.30. The van der Waals surface area contributed by atoms with Crippen LogP contribution in [0.5, 0.6) is 0 Å². The van der Waals surface area contributed by atoms with Crippen molar-refractivity contribution >= 4 is 35.0 Å². The summed E-state index contributed by atoms with van der Waals surface area (Å²) >= 11 is 5.76. The number of ether oxygens (including phenoxy) is 2. The molecular formula is C19H21Cl2FN4O5. The summed E-state index contributed by atoms with van der Waals surface area (Å²) < 4.78 is 27.0. The topological polar surface area (TPSA) is 114 Å². The molecule has 0 bridgehead atoms. The minimum atomic E-state index is -1.29. The van der Waals surface area contributed by atoms with Gasteiger partial charge in [0.15, 0.2) is 6.23 Å². The Hall–Kier alpha value is -2.21. The van der Waals surface area contributed by atoms with Crippen molar-refractivity contribution in [2.45, 2.75) is 30.6 Å². The molecular weight excluding hydrogens is 454 g/mol. The number of aromatic nitrogens is 3. The molecule has 1 aliphatic heterocycles. The quantitative estimate of drug-likeness (QED) is 0.487. The molecule has 168 valence electrons. The lowest BCUT2D eigenvalue weighted by atomic mass is 9.99. The van der Waals surface area contributed by atoms with Gasteiger partial charge in [-0.05, 0) is 23.8 Å². The molecule has 0 unspecified atom stereocenters. The molecule has 5 atom stereocenters. The Kier molecular flexibility index (Phi) is 7.20. The number of fused-ring (bicyclic) bond motifs is 1. The van der Waals surface area contributed by atoms with Crippen LogP contribution in [0.3, 0.4) is 0 Å². The zero-order valence-electron chi connectivity index (χ0n) is 16.5. The minimum absolute atomic E-state index is 0. The monoisotopic (exact) mass is 474 g/mol. The van der Waals surface area contributed by atoms with Gasteiger partial charge in [-0.2, -0.15) is 0 Å². The molecule has 2 aromatic heterocycles. The molecule has 0 aliphatic carbocycles. The van der Waals surface area contributed by atoms with Gasteiger partial charge in [0.2, 0.25) is 5.49 Å². The van der Waals surface area contributed by atoms with Crippen LogP contribution in [0.25, 0.3) is 11.0 Å². The van der Waals surface area contributed by atoms with Crippen LogP contribution in [0.1, 0.15) is 17.9 Å². The van der Waals surface area contributed by atoms with Crippen molar-refractivity contribution in [2.24, 2.45) is 5.16 Å². The Morgan fingerprint density at radius 3 is 2.74 bits per heavy atom. The number of halogens is 3. The van der Waals surface area contributed by atoms with Crippen LogP contribution in [-0.4, -0.2) is 57.3 Å². The summed E-state index contributed by atoms with van der Waals surface area (Å²) in [7, 11) is 2.83. The van der Waals surface area contributed by atoms with Crippen molar-refractivity contribution in [1.29, 1.82) is 0 Å². The largest absolute Gasteiger partial charge is 0.397 e. The number of nitrogens with zero attached hydrogens (tertiary/aromatic N) is 3. The third kappa shape index (κ3) is 4.14. The molecule has 3 aromatic rings. The molecule has 1 saturated heterocycles. The van der Waals surface area contributed by atoms with E-state index in [1.54, 1.807) is 22.9 Å². The number of hydrogen-bond donors (Lipinski definition) is 3. The van der Waals surface area contributed by atoms with Crippen LogP contribution >= 0.6 is 24.0 Å². The number of aliphatic hydroxyl groups excluding tert-OH is 2. The lowest BCUT2D eigenvalue weighted by Gasteiger charge is -2.25. The van der Waals surface area contributed by atoms with Gasteiger partial charge in [-0.25, -0.2) is 9.37 Å². The summed E-state index contributed by atoms with van der Waals surface area (Å²) in [6, 6.07) is 5.93. The average molecular weight is 475 g/mol. The highest BCUT2D eigenvalue weighted by atomic mass is 35.5. The first-order valence-corrected chi connectivity index (χ1v) is 9.44. The van der Waals surface area contributed by atoms with E-state index in [-0.39, 0.29) is 17.4 Å². The first-order chi connectivity index (χ1) is 14.5. The molecule has 1 fully saturated rings. The van der Waals surface area contributed by atoms with Gasteiger partial charge in [-0.3, -0.25) is 0 Å². The summed E-state index contributed by atoms with van der Waals surface area (Å²) in [6.07, 6.45) is -2.20. The van der Waals surface area contributed by atoms with Crippen molar-refractivity contribution in [1.82, 2.24) is 14.5 Å². The molecule has 1 aromatic carbocycles. The number of H-pyrrole nitrogens is 1. The molecule has 3 heterocycles. The Labute approximate surface area is 187 Å². The molecule has 0 amide bonds. The van der Waals surface area contributed by atoms with Gasteiger partial charge in [0.05, 0.1) is 16.7 Å². The average Bonchev–Trinajstić information content (AvgIpc) is 3.28. The third-order valence-corrected chi connectivity index (χ3v) is 5.40. The second-order valence-electron chi connectivity index (χ2n) is 6.79. The van der Waals surface area contributed by atoms with Gasteiger partial charge in [0.25, 0.3) is 0 Å². The second-order valence-corrected chi connectivity index (χ2v) is 7.19. The summed E-state index contributed by atoms with van der Waals surface area (Å²) in [4.78, 5) is 11.9. The molecule has 0 spiro atoms. The number of rotatable bonds is 5.